The number of hydrogen-bond donors (Lipinski definition) is 0. The van der Waals surface area contributed by atoms with Gasteiger partial charge in [0, 0.05) is 17.5 Å². The van der Waals surface area contributed by atoms with Crippen LogP contribution in [0.15, 0.2) is 138 Å². The SMILES string of the molecule is O=C1[C@@H]2C3c4ccccc4C(C=NCc4cccc5ccccc45)(c4ccccc43)[C@@H]2C(=O)N1c1cccc2ccccc12. The number of fused-ring (bicyclic) bond motifs is 2. The molecule has 0 saturated carbocycles. The summed E-state index contributed by atoms with van der Waals surface area (Å²) in [7, 11) is 0. The number of rotatable bonds is 4. The van der Waals surface area contributed by atoms with Gasteiger partial charge in [0.05, 0.1) is 29.5 Å². The third kappa shape index (κ3) is 3.25. The molecule has 2 amide bonds. The number of amides is 2. The molecule has 0 N–H and O–H groups in total. The summed E-state index contributed by atoms with van der Waals surface area (Å²) >= 11 is 0. The average Bonchev–Trinajstić information content (AvgIpc) is 3.35. The fourth-order valence-electron chi connectivity index (χ4n) is 8.41. The smallest absolute Gasteiger partial charge is 0.239 e. The molecular weight excluding hydrogens is 540 g/mol. The summed E-state index contributed by atoms with van der Waals surface area (Å²) in [4.78, 5) is 36.1. The summed E-state index contributed by atoms with van der Waals surface area (Å²) < 4.78 is 0. The molecule has 10 rings (SSSR count). The van der Waals surface area contributed by atoms with Crippen LogP contribution < -0.4 is 4.90 Å². The van der Waals surface area contributed by atoms with Crippen molar-refractivity contribution in [1.82, 2.24) is 0 Å². The predicted molar refractivity (Wildman–Crippen MR) is 175 cm³/mol. The van der Waals surface area contributed by atoms with Crippen molar-refractivity contribution < 1.29 is 9.59 Å². The number of carbonyl (C=O) groups excluding carboxylic acids is 2. The lowest BCUT2D eigenvalue weighted by Crippen LogP contribution is -2.54. The highest BCUT2D eigenvalue weighted by Crippen LogP contribution is 2.63. The largest absolute Gasteiger partial charge is 0.291 e. The maximum Gasteiger partial charge on any atom is 0.239 e. The highest BCUT2D eigenvalue weighted by atomic mass is 16.2. The van der Waals surface area contributed by atoms with E-state index in [1.54, 1.807) is 0 Å². The molecule has 0 aromatic heterocycles. The molecular formula is C40H28N2O2. The molecule has 0 unspecified atom stereocenters. The number of benzene rings is 6. The van der Waals surface area contributed by atoms with Gasteiger partial charge in [-0.2, -0.15) is 0 Å². The summed E-state index contributed by atoms with van der Waals surface area (Å²) in [5, 5.41) is 4.25. The number of carbonyl (C=O) groups is 2. The second-order valence-corrected chi connectivity index (χ2v) is 12.1. The Morgan fingerprint density at radius 2 is 1.18 bits per heavy atom. The monoisotopic (exact) mass is 568 g/mol. The zero-order valence-electron chi connectivity index (χ0n) is 23.9. The summed E-state index contributed by atoms with van der Waals surface area (Å²) in [6, 6.07) is 45.2. The maximum absolute atomic E-state index is 14.9. The van der Waals surface area contributed by atoms with Crippen LogP contribution in [0.2, 0.25) is 0 Å². The van der Waals surface area contributed by atoms with Crippen molar-refractivity contribution in [2.45, 2.75) is 17.9 Å². The Kier molecular flexibility index (Phi) is 5.33. The van der Waals surface area contributed by atoms with Gasteiger partial charge in [0.25, 0.3) is 0 Å². The van der Waals surface area contributed by atoms with Crippen molar-refractivity contribution >= 4 is 45.3 Å². The topological polar surface area (TPSA) is 49.7 Å². The second kappa shape index (κ2) is 9.32. The van der Waals surface area contributed by atoms with Crippen LogP contribution in [0.5, 0.6) is 0 Å². The number of imide groups is 1. The first kappa shape index (κ1) is 25.2. The maximum atomic E-state index is 14.9. The van der Waals surface area contributed by atoms with Crippen molar-refractivity contribution in [1.29, 1.82) is 0 Å². The quantitative estimate of drug-likeness (QED) is 0.161. The van der Waals surface area contributed by atoms with Crippen LogP contribution in [0.1, 0.15) is 33.7 Å². The molecule has 0 radical (unpaired) electrons. The average molecular weight is 569 g/mol. The Hall–Kier alpha value is -5.35. The molecule has 6 aromatic rings. The number of hydrogen-bond acceptors (Lipinski definition) is 3. The van der Waals surface area contributed by atoms with E-state index in [1.165, 1.54) is 15.7 Å². The van der Waals surface area contributed by atoms with Gasteiger partial charge in [0.2, 0.25) is 11.8 Å². The van der Waals surface area contributed by atoms with E-state index in [-0.39, 0.29) is 17.7 Å². The van der Waals surface area contributed by atoms with Crippen LogP contribution in [-0.4, -0.2) is 18.0 Å². The van der Waals surface area contributed by atoms with Gasteiger partial charge < -0.3 is 0 Å². The minimum Gasteiger partial charge on any atom is -0.291 e. The third-order valence-corrected chi connectivity index (χ3v) is 10.1. The van der Waals surface area contributed by atoms with E-state index in [4.69, 9.17) is 4.99 Å². The molecule has 1 fully saturated rings. The first-order chi connectivity index (χ1) is 21.7. The summed E-state index contributed by atoms with van der Waals surface area (Å²) in [6.07, 6.45) is 2.01. The predicted octanol–water partition coefficient (Wildman–Crippen LogP) is 7.81. The molecule has 4 heteroatoms. The number of nitrogens with zero attached hydrogens (tertiary/aromatic N) is 2. The van der Waals surface area contributed by atoms with Gasteiger partial charge in [-0.1, -0.05) is 127 Å². The zero-order chi connectivity index (χ0) is 29.4. The molecule has 1 aliphatic heterocycles. The zero-order valence-corrected chi connectivity index (χ0v) is 23.9. The van der Waals surface area contributed by atoms with Gasteiger partial charge in [0.15, 0.2) is 0 Å². The number of aliphatic imine (C=N–C) groups is 1. The fourth-order valence-corrected chi connectivity index (χ4v) is 8.41. The van der Waals surface area contributed by atoms with Crippen LogP contribution in [0, 0.1) is 11.8 Å². The molecule has 3 aliphatic carbocycles. The minimum absolute atomic E-state index is 0.128. The van der Waals surface area contributed by atoms with Crippen LogP contribution in [-0.2, 0) is 21.5 Å². The van der Waals surface area contributed by atoms with E-state index >= 15 is 0 Å². The van der Waals surface area contributed by atoms with Gasteiger partial charge in [-0.25, -0.2) is 4.90 Å². The molecule has 2 atom stereocenters. The van der Waals surface area contributed by atoms with Crippen molar-refractivity contribution in [2.75, 3.05) is 4.90 Å². The van der Waals surface area contributed by atoms with Gasteiger partial charge in [-0.15, -0.1) is 0 Å². The molecule has 1 saturated heterocycles. The molecule has 1 heterocycles. The Labute approximate surface area is 255 Å². The Morgan fingerprint density at radius 3 is 1.91 bits per heavy atom. The van der Waals surface area contributed by atoms with E-state index in [0.29, 0.717) is 12.2 Å². The first-order valence-electron chi connectivity index (χ1n) is 15.2. The summed E-state index contributed by atoms with van der Waals surface area (Å²) in [5.41, 5.74) is 5.30. The highest BCUT2D eigenvalue weighted by Gasteiger charge is 2.68. The van der Waals surface area contributed by atoms with Gasteiger partial charge in [0.1, 0.15) is 0 Å². The molecule has 210 valence electrons. The minimum atomic E-state index is -0.872. The molecule has 44 heavy (non-hydrogen) atoms. The normalized spacial score (nSPS) is 23.4. The Morgan fingerprint density at radius 1 is 0.614 bits per heavy atom. The molecule has 4 nitrogen and oxygen atoms in total. The lowest BCUT2D eigenvalue weighted by Gasteiger charge is -2.52. The third-order valence-electron chi connectivity index (χ3n) is 10.1. The lowest BCUT2D eigenvalue weighted by atomic mass is 9.47. The van der Waals surface area contributed by atoms with Crippen LogP contribution in [0.25, 0.3) is 21.5 Å². The Bertz CT molecular complexity index is 2140. The lowest BCUT2D eigenvalue weighted by molar-refractivity contribution is -0.122. The van der Waals surface area contributed by atoms with E-state index in [9.17, 15) is 9.59 Å². The molecule has 6 aromatic carbocycles. The van der Waals surface area contributed by atoms with E-state index in [2.05, 4.69) is 60.7 Å². The molecule has 4 aliphatic rings. The second-order valence-electron chi connectivity index (χ2n) is 12.1. The van der Waals surface area contributed by atoms with Crippen LogP contribution >= 0.6 is 0 Å². The Balaban J connectivity index is 1.26. The summed E-state index contributed by atoms with van der Waals surface area (Å²) in [5.74, 6) is -1.59. The highest BCUT2D eigenvalue weighted by molar-refractivity contribution is 6.27. The fraction of sp³-hybridized carbons (Fsp3) is 0.125. The van der Waals surface area contributed by atoms with Gasteiger partial charge in [-0.05, 0) is 50.0 Å². The standard InChI is InChI=1S/C40H28N2O2/c43-38-36-35-30-18-5-7-20-32(30)40(33-21-8-6-19-31(33)35,24-41-23-27-15-9-13-25-11-1-3-16-28(25)27)37(36)39(44)42(38)34-22-10-14-26-12-2-4-17-29(26)34/h1-22,24,35-37H,23H2/t35?,36-,37+,40?/m1/s1. The first-order valence-corrected chi connectivity index (χ1v) is 15.2. The van der Waals surface area contributed by atoms with Crippen molar-refractivity contribution in [2.24, 2.45) is 16.8 Å². The van der Waals surface area contributed by atoms with Gasteiger partial charge >= 0.3 is 0 Å². The number of anilines is 1. The van der Waals surface area contributed by atoms with Crippen molar-refractivity contribution in [3.05, 3.63) is 161 Å². The van der Waals surface area contributed by atoms with E-state index in [0.717, 1.165) is 38.6 Å². The van der Waals surface area contributed by atoms with Crippen molar-refractivity contribution in [3.63, 3.8) is 0 Å². The van der Waals surface area contributed by atoms with Gasteiger partial charge in [-0.3, -0.25) is 14.6 Å². The van der Waals surface area contributed by atoms with Crippen molar-refractivity contribution in [3.8, 4) is 0 Å². The van der Waals surface area contributed by atoms with E-state index < -0.39 is 17.3 Å². The molecule has 0 spiro atoms. The van der Waals surface area contributed by atoms with E-state index in [1.807, 2.05) is 79.0 Å². The molecule has 2 bridgehead atoms. The van der Waals surface area contributed by atoms with Crippen LogP contribution in [0.4, 0.5) is 5.69 Å². The summed E-state index contributed by atoms with van der Waals surface area (Å²) in [6.45, 7) is 0.476. The van der Waals surface area contributed by atoms with Crippen LogP contribution in [0.3, 0.4) is 0 Å².